The van der Waals surface area contributed by atoms with Gasteiger partial charge in [-0.3, -0.25) is 4.79 Å². The van der Waals surface area contributed by atoms with Crippen LogP contribution >= 0.6 is 45.5 Å². The van der Waals surface area contributed by atoms with Crippen molar-refractivity contribution in [2.45, 2.75) is 19.4 Å². The van der Waals surface area contributed by atoms with Crippen molar-refractivity contribution >= 4 is 51.4 Å². The minimum absolute atomic E-state index is 0.0824. The van der Waals surface area contributed by atoms with Crippen LogP contribution in [0.25, 0.3) is 0 Å². The summed E-state index contributed by atoms with van der Waals surface area (Å²) in [5.41, 5.74) is 1.85. The highest BCUT2D eigenvalue weighted by Crippen LogP contribution is 2.19. The van der Waals surface area contributed by atoms with Gasteiger partial charge >= 0.3 is 0 Å². The number of hydrogen-bond donors (Lipinski definition) is 1. The molecule has 1 heterocycles. The van der Waals surface area contributed by atoms with E-state index in [0.29, 0.717) is 10.6 Å². The Hall–Kier alpha value is -0.590. The first-order valence-corrected chi connectivity index (χ1v) is 8.23. The Morgan fingerprint density at radius 1 is 1.47 bits per heavy atom. The SMILES string of the molecule is CC(Cc1ccsc1)NC(=O)c1ccc(I)c(Cl)c1. The quantitative estimate of drug-likeness (QED) is 0.752. The van der Waals surface area contributed by atoms with Gasteiger partial charge in [-0.2, -0.15) is 11.3 Å². The lowest BCUT2D eigenvalue weighted by molar-refractivity contribution is 0.0940. The van der Waals surface area contributed by atoms with E-state index < -0.39 is 0 Å². The van der Waals surface area contributed by atoms with Gasteiger partial charge in [0, 0.05) is 15.2 Å². The number of carbonyl (C=O) groups excluding carboxylic acids is 1. The average Bonchev–Trinajstić information content (AvgIpc) is 2.85. The normalized spacial score (nSPS) is 12.2. The van der Waals surface area contributed by atoms with Crippen LogP contribution in [0.15, 0.2) is 35.0 Å². The molecule has 0 saturated carbocycles. The summed E-state index contributed by atoms with van der Waals surface area (Å²) in [7, 11) is 0. The summed E-state index contributed by atoms with van der Waals surface area (Å²) in [5, 5.41) is 7.74. The lowest BCUT2D eigenvalue weighted by atomic mass is 10.1. The molecule has 0 fully saturated rings. The molecule has 0 radical (unpaired) electrons. The lowest BCUT2D eigenvalue weighted by Gasteiger charge is -2.13. The van der Waals surface area contributed by atoms with Crippen molar-refractivity contribution in [1.29, 1.82) is 0 Å². The zero-order chi connectivity index (χ0) is 13.8. The Kier molecular flexibility index (Phi) is 5.24. The van der Waals surface area contributed by atoms with E-state index >= 15 is 0 Å². The molecule has 0 aliphatic heterocycles. The minimum atomic E-state index is -0.0824. The molecular formula is C14H13ClINOS. The van der Waals surface area contributed by atoms with Crippen molar-refractivity contribution in [2.75, 3.05) is 0 Å². The van der Waals surface area contributed by atoms with Crippen LogP contribution in [-0.2, 0) is 6.42 Å². The summed E-state index contributed by atoms with van der Waals surface area (Å²) in [6, 6.07) is 7.52. The fraction of sp³-hybridized carbons (Fsp3) is 0.214. The number of thiophene rings is 1. The van der Waals surface area contributed by atoms with E-state index in [1.807, 2.05) is 18.4 Å². The number of amides is 1. The molecule has 2 aromatic rings. The highest BCUT2D eigenvalue weighted by molar-refractivity contribution is 14.1. The Balaban J connectivity index is 1.98. The van der Waals surface area contributed by atoms with Gasteiger partial charge in [-0.25, -0.2) is 0 Å². The molecule has 1 amide bonds. The number of rotatable bonds is 4. The molecule has 2 rings (SSSR count). The van der Waals surface area contributed by atoms with Crippen LogP contribution in [0.5, 0.6) is 0 Å². The van der Waals surface area contributed by atoms with E-state index in [-0.39, 0.29) is 11.9 Å². The summed E-state index contributed by atoms with van der Waals surface area (Å²) in [4.78, 5) is 12.1. The second-order valence-electron chi connectivity index (χ2n) is 4.34. The smallest absolute Gasteiger partial charge is 0.251 e. The first-order valence-electron chi connectivity index (χ1n) is 5.83. The van der Waals surface area contributed by atoms with E-state index in [4.69, 9.17) is 11.6 Å². The van der Waals surface area contributed by atoms with E-state index in [0.717, 1.165) is 9.99 Å². The largest absolute Gasteiger partial charge is 0.349 e. The summed E-state index contributed by atoms with van der Waals surface area (Å²) >= 11 is 9.83. The van der Waals surface area contributed by atoms with Crippen LogP contribution in [-0.4, -0.2) is 11.9 Å². The topological polar surface area (TPSA) is 29.1 Å². The first kappa shape index (κ1) is 14.8. The molecule has 100 valence electrons. The second kappa shape index (κ2) is 6.72. The van der Waals surface area contributed by atoms with Gasteiger partial charge in [-0.15, -0.1) is 0 Å². The van der Waals surface area contributed by atoms with Crippen LogP contribution in [0.3, 0.4) is 0 Å². The third-order valence-corrected chi connectivity index (χ3v) is 4.99. The van der Waals surface area contributed by atoms with Crippen molar-refractivity contribution in [3.8, 4) is 0 Å². The lowest BCUT2D eigenvalue weighted by Crippen LogP contribution is -2.34. The molecule has 1 N–H and O–H groups in total. The summed E-state index contributed by atoms with van der Waals surface area (Å²) < 4.78 is 0.946. The number of halogens is 2. The van der Waals surface area contributed by atoms with Crippen LogP contribution in [0.4, 0.5) is 0 Å². The van der Waals surface area contributed by atoms with Crippen LogP contribution in [0, 0.1) is 3.57 Å². The molecule has 0 aliphatic rings. The predicted octanol–water partition coefficient (Wildman–Crippen LogP) is 4.37. The summed E-state index contributed by atoms with van der Waals surface area (Å²) in [6.07, 6.45) is 0.841. The highest BCUT2D eigenvalue weighted by Gasteiger charge is 2.11. The van der Waals surface area contributed by atoms with Gasteiger partial charge in [0.25, 0.3) is 5.91 Å². The van der Waals surface area contributed by atoms with Crippen molar-refractivity contribution in [3.63, 3.8) is 0 Å². The standard InChI is InChI=1S/C14H13ClINOS/c1-9(6-10-4-5-19-8-10)17-14(18)11-2-3-13(16)12(15)7-11/h2-5,7-9H,6H2,1H3,(H,17,18). The fourth-order valence-electron chi connectivity index (χ4n) is 1.76. The van der Waals surface area contributed by atoms with Gasteiger partial charge in [-0.1, -0.05) is 11.6 Å². The maximum Gasteiger partial charge on any atom is 0.251 e. The van der Waals surface area contributed by atoms with Crippen molar-refractivity contribution in [2.24, 2.45) is 0 Å². The van der Waals surface area contributed by atoms with E-state index in [1.165, 1.54) is 5.56 Å². The molecular weight excluding hydrogens is 393 g/mol. The fourth-order valence-corrected chi connectivity index (χ4v) is 2.96. The monoisotopic (exact) mass is 405 g/mol. The van der Waals surface area contributed by atoms with Crippen molar-refractivity contribution in [3.05, 3.63) is 54.7 Å². The average molecular weight is 406 g/mol. The Morgan fingerprint density at radius 3 is 2.89 bits per heavy atom. The van der Waals surface area contributed by atoms with E-state index in [1.54, 1.807) is 23.5 Å². The molecule has 1 unspecified atom stereocenters. The predicted molar refractivity (Wildman–Crippen MR) is 89.1 cm³/mol. The van der Waals surface area contributed by atoms with Gasteiger partial charge in [0.05, 0.1) is 5.02 Å². The number of carbonyl (C=O) groups is 1. The Morgan fingerprint density at radius 2 is 2.26 bits per heavy atom. The third kappa shape index (κ3) is 4.19. The second-order valence-corrected chi connectivity index (χ2v) is 6.69. The molecule has 0 saturated heterocycles. The molecule has 0 bridgehead atoms. The maximum atomic E-state index is 12.1. The molecule has 0 spiro atoms. The summed E-state index contributed by atoms with van der Waals surface area (Å²) in [5.74, 6) is -0.0824. The van der Waals surface area contributed by atoms with Gasteiger partial charge in [-0.05, 0) is 76.5 Å². The van der Waals surface area contributed by atoms with Gasteiger partial charge < -0.3 is 5.32 Å². The zero-order valence-corrected chi connectivity index (χ0v) is 14.1. The number of nitrogens with one attached hydrogen (secondary N) is 1. The highest BCUT2D eigenvalue weighted by atomic mass is 127. The number of hydrogen-bond acceptors (Lipinski definition) is 2. The molecule has 5 heteroatoms. The third-order valence-electron chi connectivity index (χ3n) is 2.68. The van der Waals surface area contributed by atoms with Crippen LogP contribution in [0.2, 0.25) is 5.02 Å². The van der Waals surface area contributed by atoms with Crippen LogP contribution in [0.1, 0.15) is 22.8 Å². The van der Waals surface area contributed by atoms with Gasteiger partial charge in [0.2, 0.25) is 0 Å². The molecule has 1 atom stereocenters. The van der Waals surface area contributed by atoms with Gasteiger partial charge in [0.15, 0.2) is 0 Å². The summed E-state index contributed by atoms with van der Waals surface area (Å²) in [6.45, 7) is 2.00. The van der Waals surface area contributed by atoms with E-state index in [9.17, 15) is 4.79 Å². The first-order chi connectivity index (χ1) is 9.06. The molecule has 1 aromatic carbocycles. The maximum absolute atomic E-state index is 12.1. The Bertz CT molecular complexity index is 571. The molecule has 19 heavy (non-hydrogen) atoms. The molecule has 2 nitrogen and oxygen atoms in total. The minimum Gasteiger partial charge on any atom is -0.349 e. The van der Waals surface area contributed by atoms with Crippen molar-refractivity contribution in [1.82, 2.24) is 5.32 Å². The van der Waals surface area contributed by atoms with E-state index in [2.05, 4.69) is 39.4 Å². The zero-order valence-electron chi connectivity index (χ0n) is 10.3. The number of benzene rings is 1. The van der Waals surface area contributed by atoms with Crippen molar-refractivity contribution < 1.29 is 4.79 Å². The Labute approximate surface area is 135 Å². The van der Waals surface area contributed by atoms with Crippen LogP contribution < -0.4 is 5.32 Å². The molecule has 1 aromatic heterocycles. The van der Waals surface area contributed by atoms with Gasteiger partial charge in [0.1, 0.15) is 0 Å². The molecule has 0 aliphatic carbocycles.